The Morgan fingerprint density at radius 1 is 1.67 bits per heavy atom. The lowest BCUT2D eigenvalue weighted by Gasteiger charge is -2.34. The molecule has 0 amide bonds. The van der Waals surface area contributed by atoms with Gasteiger partial charge in [0.05, 0.1) is 19.3 Å². The molecule has 0 bridgehead atoms. The predicted octanol–water partition coefficient (Wildman–Crippen LogP) is 1.83. The van der Waals surface area contributed by atoms with E-state index in [0.717, 1.165) is 6.42 Å². The third kappa shape index (κ3) is 1.24. The number of ether oxygens (including phenoxy) is 1. The Kier molecular flexibility index (Phi) is 1.87. The molecule has 0 radical (unpaired) electrons. The van der Waals surface area contributed by atoms with E-state index >= 15 is 0 Å². The molecule has 12 heavy (non-hydrogen) atoms. The van der Waals surface area contributed by atoms with Crippen molar-refractivity contribution in [2.75, 3.05) is 13.2 Å². The van der Waals surface area contributed by atoms with Crippen LogP contribution < -0.4 is 0 Å². The summed E-state index contributed by atoms with van der Waals surface area (Å²) >= 11 is 1.71. The highest BCUT2D eigenvalue weighted by atomic mass is 32.1. The predicted molar refractivity (Wildman–Crippen MR) is 46.9 cm³/mol. The summed E-state index contributed by atoms with van der Waals surface area (Å²) in [5.74, 6) is 0. The summed E-state index contributed by atoms with van der Waals surface area (Å²) in [4.78, 5) is 1.28. The first-order valence-electron chi connectivity index (χ1n) is 3.86. The molecule has 0 N–H and O–H groups in total. The normalized spacial score (nSPS) is 19.6. The maximum Gasteiger partial charge on any atom is 0.109 e. The molecule has 3 heteroatoms. The summed E-state index contributed by atoms with van der Waals surface area (Å²) in [7, 11) is 0. The quantitative estimate of drug-likeness (QED) is 0.694. The van der Waals surface area contributed by atoms with Gasteiger partial charge in [0, 0.05) is 11.3 Å². The minimum Gasteiger partial charge on any atom is -0.378 e. The van der Waals surface area contributed by atoms with Crippen molar-refractivity contribution in [3.8, 4) is 6.07 Å². The lowest BCUT2D eigenvalue weighted by atomic mass is 9.84. The minimum absolute atomic E-state index is 0.217. The average molecular weight is 179 g/mol. The van der Waals surface area contributed by atoms with Gasteiger partial charge in [-0.15, -0.1) is 11.3 Å². The average Bonchev–Trinajstić information content (AvgIpc) is 2.49. The highest BCUT2D eigenvalue weighted by molar-refractivity contribution is 7.09. The van der Waals surface area contributed by atoms with Crippen LogP contribution in [0.1, 0.15) is 4.88 Å². The van der Waals surface area contributed by atoms with Crippen LogP contribution >= 0.6 is 11.3 Å². The maximum absolute atomic E-state index is 8.91. The highest BCUT2D eigenvalue weighted by Gasteiger charge is 2.39. The summed E-state index contributed by atoms with van der Waals surface area (Å²) in [5, 5.41) is 11.0. The molecule has 0 atom stereocenters. The van der Waals surface area contributed by atoms with Gasteiger partial charge in [-0.25, -0.2) is 0 Å². The molecule has 1 aliphatic rings. The van der Waals surface area contributed by atoms with Crippen LogP contribution in [0.2, 0.25) is 0 Å². The topological polar surface area (TPSA) is 33.0 Å². The first kappa shape index (κ1) is 7.78. The van der Waals surface area contributed by atoms with Crippen LogP contribution in [0.5, 0.6) is 0 Å². The van der Waals surface area contributed by atoms with E-state index in [2.05, 4.69) is 12.1 Å². The Morgan fingerprint density at radius 2 is 2.50 bits per heavy atom. The summed E-state index contributed by atoms with van der Waals surface area (Å²) < 4.78 is 5.06. The van der Waals surface area contributed by atoms with E-state index in [1.54, 1.807) is 11.3 Å². The molecule has 2 nitrogen and oxygen atoms in total. The number of hydrogen-bond donors (Lipinski definition) is 0. The maximum atomic E-state index is 8.91. The lowest BCUT2D eigenvalue weighted by Crippen LogP contribution is -2.42. The number of rotatable bonds is 2. The molecule has 1 saturated heterocycles. The van der Waals surface area contributed by atoms with Gasteiger partial charge in [-0.2, -0.15) is 5.26 Å². The van der Waals surface area contributed by atoms with Gasteiger partial charge < -0.3 is 4.74 Å². The van der Waals surface area contributed by atoms with Crippen LogP contribution in [-0.2, 0) is 11.2 Å². The van der Waals surface area contributed by atoms with E-state index in [9.17, 15) is 0 Å². The first-order chi connectivity index (χ1) is 5.85. The zero-order valence-electron chi connectivity index (χ0n) is 6.62. The Bertz CT molecular complexity index is 295. The molecule has 1 aromatic heterocycles. The first-order valence-corrected chi connectivity index (χ1v) is 4.74. The van der Waals surface area contributed by atoms with Crippen molar-refractivity contribution in [3.05, 3.63) is 22.4 Å². The van der Waals surface area contributed by atoms with Gasteiger partial charge in [-0.3, -0.25) is 0 Å². The molecule has 2 rings (SSSR count). The van der Waals surface area contributed by atoms with Crippen molar-refractivity contribution in [3.63, 3.8) is 0 Å². The molecule has 1 fully saturated rings. The Hall–Kier alpha value is -0.850. The monoisotopic (exact) mass is 179 g/mol. The van der Waals surface area contributed by atoms with Crippen LogP contribution in [0.25, 0.3) is 0 Å². The van der Waals surface area contributed by atoms with Crippen LogP contribution in [0.15, 0.2) is 17.5 Å². The fourth-order valence-corrected chi connectivity index (χ4v) is 2.15. The van der Waals surface area contributed by atoms with Crippen LogP contribution in [0.3, 0.4) is 0 Å². The molecule has 0 aliphatic carbocycles. The zero-order chi connectivity index (χ0) is 8.44. The Morgan fingerprint density at radius 3 is 2.92 bits per heavy atom. The van der Waals surface area contributed by atoms with E-state index in [1.165, 1.54) is 4.88 Å². The van der Waals surface area contributed by atoms with Gasteiger partial charge in [0.15, 0.2) is 0 Å². The second-order valence-corrected chi connectivity index (χ2v) is 4.17. The third-order valence-electron chi connectivity index (χ3n) is 2.09. The SMILES string of the molecule is N#CC1(Cc2cccs2)COC1. The van der Waals surface area contributed by atoms with Crippen molar-refractivity contribution < 1.29 is 4.74 Å². The van der Waals surface area contributed by atoms with E-state index < -0.39 is 0 Å². The minimum atomic E-state index is -0.217. The standard InChI is InChI=1S/C9H9NOS/c10-5-9(6-11-7-9)4-8-2-1-3-12-8/h1-3H,4,6-7H2. The summed E-state index contributed by atoms with van der Waals surface area (Å²) in [6, 6.07) is 6.42. The van der Waals surface area contributed by atoms with Gasteiger partial charge in [0.2, 0.25) is 0 Å². The molecular weight excluding hydrogens is 170 g/mol. The number of hydrogen-bond acceptors (Lipinski definition) is 3. The van der Waals surface area contributed by atoms with Gasteiger partial charge in [0.1, 0.15) is 5.41 Å². The third-order valence-corrected chi connectivity index (χ3v) is 2.96. The van der Waals surface area contributed by atoms with Crippen LogP contribution in [0.4, 0.5) is 0 Å². The van der Waals surface area contributed by atoms with Crippen LogP contribution in [0, 0.1) is 16.7 Å². The molecule has 1 aliphatic heterocycles. The number of nitriles is 1. The van der Waals surface area contributed by atoms with Gasteiger partial charge in [-0.1, -0.05) is 6.07 Å². The van der Waals surface area contributed by atoms with E-state index in [-0.39, 0.29) is 5.41 Å². The zero-order valence-corrected chi connectivity index (χ0v) is 7.43. The summed E-state index contributed by atoms with van der Waals surface area (Å²) in [6.45, 7) is 1.20. The molecular formula is C9H9NOS. The smallest absolute Gasteiger partial charge is 0.109 e. The number of nitrogens with zero attached hydrogens (tertiary/aromatic N) is 1. The molecule has 0 unspecified atom stereocenters. The van der Waals surface area contributed by atoms with Crippen molar-refractivity contribution in [1.29, 1.82) is 5.26 Å². The largest absolute Gasteiger partial charge is 0.378 e. The molecule has 1 aromatic rings. The Balaban J connectivity index is 2.08. The fourth-order valence-electron chi connectivity index (χ4n) is 1.30. The second kappa shape index (κ2) is 2.89. The van der Waals surface area contributed by atoms with Crippen LogP contribution in [-0.4, -0.2) is 13.2 Å². The molecule has 62 valence electrons. The Labute approximate surface area is 75.4 Å². The molecule has 0 saturated carbocycles. The van der Waals surface area contributed by atoms with Crippen molar-refractivity contribution in [1.82, 2.24) is 0 Å². The highest BCUT2D eigenvalue weighted by Crippen LogP contribution is 2.32. The summed E-state index contributed by atoms with van der Waals surface area (Å²) in [6.07, 6.45) is 0.848. The lowest BCUT2D eigenvalue weighted by molar-refractivity contribution is -0.0761. The van der Waals surface area contributed by atoms with E-state index in [0.29, 0.717) is 13.2 Å². The fraction of sp³-hybridized carbons (Fsp3) is 0.444. The van der Waals surface area contributed by atoms with Gasteiger partial charge in [0.25, 0.3) is 0 Å². The molecule has 0 spiro atoms. The van der Waals surface area contributed by atoms with Crippen molar-refractivity contribution in [2.24, 2.45) is 5.41 Å². The number of thiophene rings is 1. The second-order valence-electron chi connectivity index (χ2n) is 3.14. The summed E-state index contributed by atoms with van der Waals surface area (Å²) in [5.41, 5.74) is -0.217. The van der Waals surface area contributed by atoms with Gasteiger partial charge >= 0.3 is 0 Å². The van der Waals surface area contributed by atoms with Gasteiger partial charge in [-0.05, 0) is 11.4 Å². The van der Waals surface area contributed by atoms with E-state index in [4.69, 9.17) is 10.00 Å². The van der Waals surface area contributed by atoms with Crippen molar-refractivity contribution >= 4 is 11.3 Å². The molecule has 0 aromatic carbocycles. The van der Waals surface area contributed by atoms with Crippen molar-refractivity contribution in [2.45, 2.75) is 6.42 Å². The molecule has 2 heterocycles. The van der Waals surface area contributed by atoms with E-state index in [1.807, 2.05) is 11.4 Å².